The molecule has 0 saturated carbocycles. The minimum Gasteiger partial charge on any atom is -0.465 e. The van der Waals surface area contributed by atoms with Crippen molar-refractivity contribution in [1.29, 1.82) is 0 Å². The Hall–Kier alpha value is -2.04. The summed E-state index contributed by atoms with van der Waals surface area (Å²) in [5.41, 5.74) is 1.52. The zero-order valence-corrected chi connectivity index (χ0v) is 19.1. The third-order valence-electron chi connectivity index (χ3n) is 4.60. The van der Waals surface area contributed by atoms with Gasteiger partial charge in [0.15, 0.2) is 0 Å². The van der Waals surface area contributed by atoms with Crippen LogP contribution in [-0.2, 0) is 14.3 Å². The van der Waals surface area contributed by atoms with Gasteiger partial charge in [0.05, 0.1) is 24.8 Å². The first-order valence-corrected chi connectivity index (χ1v) is 11.0. The van der Waals surface area contributed by atoms with Crippen LogP contribution in [-0.4, -0.2) is 31.8 Å². The van der Waals surface area contributed by atoms with Crippen molar-refractivity contribution in [3.63, 3.8) is 0 Å². The van der Waals surface area contributed by atoms with E-state index in [4.69, 9.17) is 9.47 Å². The predicted octanol–water partition coefficient (Wildman–Crippen LogP) is 6.17. The van der Waals surface area contributed by atoms with Crippen molar-refractivity contribution in [3.8, 4) is 0 Å². The van der Waals surface area contributed by atoms with E-state index >= 15 is 0 Å². The molecule has 0 aromatic heterocycles. The summed E-state index contributed by atoms with van der Waals surface area (Å²) in [6.07, 6.45) is 3.86. The zero-order chi connectivity index (χ0) is 21.8. The van der Waals surface area contributed by atoms with E-state index in [2.05, 4.69) is 6.92 Å². The van der Waals surface area contributed by atoms with E-state index in [1.807, 2.05) is 58.9 Å². The molecule has 5 heteroatoms. The number of hydrogen-bond donors (Lipinski definition) is 0. The van der Waals surface area contributed by atoms with Crippen LogP contribution in [0.1, 0.15) is 78.7 Å². The molecule has 1 unspecified atom stereocenters. The summed E-state index contributed by atoms with van der Waals surface area (Å²) < 4.78 is 11.0. The normalized spacial score (nSPS) is 12.1. The van der Waals surface area contributed by atoms with Crippen molar-refractivity contribution in [1.82, 2.24) is 0 Å². The van der Waals surface area contributed by atoms with Crippen molar-refractivity contribution in [2.24, 2.45) is 11.8 Å². The first kappa shape index (κ1) is 25.0. The topological polar surface area (TPSA) is 55.8 Å². The van der Waals surface area contributed by atoms with Crippen LogP contribution < -0.4 is 4.90 Å². The lowest BCUT2D eigenvalue weighted by atomic mass is 9.98. The fourth-order valence-electron chi connectivity index (χ4n) is 2.92. The van der Waals surface area contributed by atoms with Gasteiger partial charge in [-0.25, -0.2) is 4.79 Å². The Morgan fingerprint density at radius 3 is 2.14 bits per heavy atom. The Morgan fingerprint density at radius 1 is 0.897 bits per heavy atom. The molecule has 29 heavy (non-hydrogen) atoms. The molecule has 5 nitrogen and oxygen atoms in total. The molecule has 0 spiro atoms. The third-order valence-corrected chi connectivity index (χ3v) is 4.60. The minimum atomic E-state index is -0.457. The van der Waals surface area contributed by atoms with Gasteiger partial charge in [0.25, 0.3) is 0 Å². The largest absolute Gasteiger partial charge is 0.465 e. The molecule has 1 aromatic rings. The number of amides is 1. The van der Waals surface area contributed by atoms with Gasteiger partial charge in [0.2, 0.25) is 0 Å². The molecule has 0 aliphatic carbocycles. The second-order valence-electron chi connectivity index (χ2n) is 8.49. The number of ether oxygens (including phenoxy) is 2. The lowest BCUT2D eigenvalue weighted by Gasteiger charge is -2.26. The minimum absolute atomic E-state index is 0.265. The summed E-state index contributed by atoms with van der Waals surface area (Å²) in [7, 11) is 0. The first-order valence-electron chi connectivity index (χ1n) is 11.0. The number of esters is 1. The fourth-order valence-corrected chi connectivity index (χ4v) is 2.92. The summed E-state index contributed by atoms with van der Waals surface area (Å²) >= 11 is 0. The molecule has 0 radical (unpaired) electrons. The van der Waals surface area contributed by atoms with Crippen LogP contribution in [0.5, 0.6) is 0 Å². The lowest BCUT2D eigenvalue weighted by Crippen LogP contribution is -2.34. The summed E-state index contributed by atoms with van der Waals surface area (Å²) in [6.45, 7) is 13.4. The molecule has 0 fully saturated rings. The van der Waals surface area contributed by atoms with Crippen LogP contribution in [0.2, 0.25) is 0 Å². The number of benzene rings is 1. The van der Waals surface area contributed by atoms with Crippen molar-refractivity contribution in [2.75, 3.05) is 24.7 Å². The second kappa shape index (κ2) is 13.2. The molecule has 0 N–H and O–H groups in total. The predicted molar refractivity (Wildman–Crippen MR) is 118 cm³/mol. The number of hydrogen-bond acceptors (Lipinski definition) is 4. The van der Waals surface area contributed by atoms with Crippen LogP contribution in [0.15, 0.2) is 24.3 Å². The van der Waals surface area contributed by atoms with E-state index in [1.54, 1.807) is 4.90 Å². The quantitative estimate of drug-likeness (QED) is 0.308. The number of unbranched alkanes of at least 4 members (excludes halogenated alkanes) is 3. The molecule has 0 saturated heterocycles. The molecular weight excluding hydrogens is 366 g/mol. The van der Waals surface area contributed by atoms with E-state index in [0.717, 1.165) is 36.9 Å². The molecule has 1 rings (SSSR count). The number of carbonyl (C=O) groups excluding carboxylic acids is 2. The van der Waals surface area contributed by atoms with E-state index < -0.39 is 5.92 Å². The van der Waals surface area contributed by atoms with Gasteiger partial charge in [0.1, 0.15) is 0 Å². The van der Waals surface area contributed by atoms with Gasteiger partial charge in [-0.05, 0) is 36.8 Å². The van der Waals surface area contributed by atoms with Gasteiger partial charge in [-0.1, -0.05) is 72.1 Å². The second-order valence-corrected chi connectivity index (χ2v) is 8.49. The average Bonchev–Trinajstić information content (AvgIpc) is 2.69. The van der Waals surface area contributed by atoms with Gasteiger partial charge >= 0.3 is 12.1 Å². The highest BCUT2D eigenvalue weighted by Gasteiger charge is 2.26. The van der Waals surface area contributed by atoms with Gasteiger partial charge in [0, 0.05) is 6.54 Å². The molecule has 0 bridgehead atoms. The SMILES string of the molecule is CCCCCCN(C(=O)OCC(C)C)c1ccccc1C(C)C(=O)OCC(C)C. The molecule has 164 valence electrons. The monoisotopic (exact) mass is 405 g/mol. The average molecular weight is 406 g/mol. The number of nitrogens with zero attached hydrogens (tertiary/aromatic N) is 1. The van der Waals surface area contributed by atoms with Crippen molar-refractivity contribution in [3.05, 3.63) is 29.8 Å². The van der Waals surface area contributed by atoms with Crippen LogP contribution in [0.4, 0.5) is 10.5 Å². The van der Waals surface area contributed by atoms with Gasteiger partial charge in [-0.15, -0.1) is 0 Å². The Morgan fingerprint density at radius 2 is 1.52 bits per heavy atom. The third kappa shape index (κ3) is 8.88. The van der Waals surface area contributed by atoms with Crippen molar-refractivity contribution in [2.45, 2.75) is 73.1 Å². The van der Waals surface area contributed by atoms with Crippen LogP contribution >= 0.6 is 0 Å². The highest BCUT2D eigenvalue weighted by molar-refractivity contribution is 5.90. The van der Waals surface area contributed by atoms with E-state index in [0.29, 0.717) is 19.8 Å². The van der Waals surface area contributed by atoms with E-state index in [9.17, 15) is 9.59 Å². The van der Waals surface area contributed by atoms with E-state index in [1.165, 1.54) is 0 Å². The summed E-state index contributed by atoms with van der Waals surface area (Å²) in [5, 5.41) is 0. The molecule has 0 aliphatic rings. The Balaban J connectivity index is 3.06. The Labute approximate surface area is 176 Å². The highest BCUT2D eigenvalue weighted by atomic mass is 16.6. The molecule has 1 amide bonds. The molecule has 0 heterocycles. The van der Waals surface area contributed by atoms with Crippen molar-refractivity contribution >= 4 is 17.7 Å². The Kier molecular flexibility index (Phi) is 11.4. The zero-order valence-electron chi connectivity index (χ0n) is 19.1. The summed E-state index contributed by atoms with van der Waals surface area (Å²) in [5.74, 6) is -0.183. The molecule has 0 aliphatic heterocycles. The van der Waals surface area contributed by atoms with Crippen LogP contribution in [0, 0.1) is 11.8 Å². The van der Waals surface area contributed by atoms with Gasteiger partial charge in [-0.2, -0.15) is 0 Å². The number of rotatable bonds is 12. The maximum Gasteiger partial charge on any atom is 0.414 e. The number of para-hydroxylation sites is 1. The first-order chi connectivity index (χ1) is 13.8. The van der Waals surface area contributed by atoms with Gasteiger partial charge in [-0.3, -0.25) is 9.69 Å². The Bertz CT molecular complexity index is 627. The standard InChI is InChI=1S/C24H39NO4/c1-7-8-9-12-15-25(24(27)29-17-19(4)5)22-14-11-10-13-21(22)20(6)23(26)28-16-18(2)3/h10-11,13-14,18-20H,7-9,12,15-17H2,1-6H3. The summed E-state index contributed by atoms with van der Waals surface area (Å²) in [4.78, 5) is 27.1. The molecular formula is C24H39NO4. The van der Waals surface area contributed by atoms with Crippen molar-refractivity contribution < 1.29 is 19.1 Å². The molecule has 1 aromatic carbocycles. The van der Waals surface area contributed by atoms with Crippen LogP contribution in [0.25, 0.3) is 0 Å². The smallest absolute Gasteiger partial charge is 0.414 e. The number of carbonyl (C=O) groups is 2. The lowest BCUT2D eigenvalue weighted by molar-refractivity contribution is -0.146. The molecule has 1 atom stereocenters. The van der Waals surface area contributed by atoms with Crippen LogP contribution in [0.3, 0.4) is 0 Å². The number of anilines is 1. The van der Waals surface area contributed by atoms with Gasteiger partial charge < -0.3 is 9.47 Å². The maximum absolute atomic E-state index is 12.9. The maximum atomic E-state index is 12.9. The highest BCUT2D eigenvalue weighted by Crippen LogP contribution is 2.30. The summed E-state index contributed by atoms with van der Waals surface area (Å²) in [6, 6.07) is 7.56. The fraction of sp³-hybridized carbons (Fsp3) is 0.667. The van der Waals surface area contributed by atoms with E-state index in [-0.39, 0.29) is 23.9 Å².